The highest BCUT2D eigenvalue weighted by Crippen LogP contribution is 2.18. The van der Waals surface area contributed by atoms with Crippen LogP contribution in [-0.2, 0) is 4.79 Å². The van der Waals surface area contributed by atoms with Crippen molar-refractivity contribution in [3.8, 4) is 5.75 Å². The Bertz CT molecular complexity index is 440. The molecule has 2 N–H and O–H groups in total. The fourth-order valence-electron chi connectivity index (χ4n) is 2.32. The number of aryl methyl sites for hydroxylation is 2. The van der Waals surface area contributed by atoms with Crippen molar-refractivity contribution in [2.24, 2.45) is 0 Å². The second-order valence-corrected chi connectivity index (χ2v) is 5.15. The third-order valence-corrected chi connectivity index (χ3v) is 3.40. The maximum atomic E-state index is 11.7. The van der Waals surface area contributed by atoms with Gasteiger partial charge in [-0.25, -0.2) is 0 Å². The molecule has 1 aromatic rings. The summed E-state index contributed by atoms with van der Waals surface area (Å²) in [6.45, 7) is 5.85. The van der Waals surface area contributed by atoms with Crippen molar-refractivity contribution >= 4 is 5.91 Å². The number of benzene rings is 1. The Morgan fingerprint density at radius 2 is 2.32 bits per heavy atom. The van der Waals surface area contributed by atoms with Gasteiger partial charge in [-0.05, 0) is 44.9 Å². The monoisotopic (exact) mass is 262 g/mol. The van der Waals surface area contributed by atoms with Gasteiger partial charge in [-0.2, -0.15) is 0 Å². The van der Waals surface area contributed by atoms with Crippen LogP contribution < -0.4 is 15.4 Å². The minimum Gasteiger partial charge on any atom is -0.484 e. The molecule has 1 heterocycles. The minimum atomic E-state index is -0.0614. The summed E-state index contributed by atoms with van der Waals surface area (Å²) in [6.07, 6.45) is 2.33. The maximum Gasteiger partial charge on any atom is 0.257 e. The summed E-state index contributed by atoms with van der Waals surface area (Å²) in [5.41, 5.74) is 2.26. The van der Waals surface area contributed by atoms with Crippen molar-refractivity contribution in [1.82, 2.24) is 10.6 Å². The molecule has 1 fully saturated rings. The van der Waals surface area contributed by atoms with Crippen LogP contribution in [0.1, 0.15) is 24.0 Å². The molecule has 1 unspecified atom stereocenters. The van der Waals surface area contributed by atoms with Crippen LogP contribution in [0.25, 0.3) is 0 Å². The van der Waals surface area contributed by atoms with Crippen molar-refractivity contribution in [2.45, 2.75) is 32.7 Å². The van der Waals surface area contributed by atoms with Crippen LogP contribution in [-0.4, -0.2) is 31.6 Å². The average molecular weight is 262 g/mol. The van der Waals surface area contributed by atoms with Crippen LogP contribution in [0.4, 0.5) is 0 Å². The van der Waals surface area contributed by atoms with Crippen LogP contribution in [0.2, 0.25) is 0 Å². The second kappa shape index (κ2) is 6.57. The van der Waals surface area contributed by atoms with E-state index in [-0.39, 0.29) is 12.5 Å². The standard InChI is InChI=1S/C15H22N2O2/c1-11-5-6-14(12(2)8-11)19-10-15(18)17-9-13-4-3-7-16-13/h5-6,8,13,16H,3-4,7,9-10H2,1-2H3,(H,17,18). The lowest BCUT2D eigenvalue weighted by atomic mass is 10.1. The zero-order chi connectivity index (χ0) is 13.7. The summed E-state index contributed by atoms with van der Waals surface area (Å²) >= 11 is 0. The molecule has 1 amide bonds. The molecule has 0 spiro atoms. The van der Waals surface area contributed by atoms with Gasteiger partial charge in [-0.1, -0.05) is 17.7 Å². The van der Waals surface area contributed by atoms with Gasteiger partial charge < -0.3 is 15.4 Å². The molecule has 104 valence electrons. The summed E-state index contributed by atoms with van der Waals surface area (Å²) in [4.78, 5) is 11.7. The van der Waals surface area contributed by atoms with Gasteiger partial charge in [-0.3, -0.25) is 4.79 Å². The molecule has 0 bridgehead atoms. The molecule has 19 heavy (non-hydrogen) atoms. The van der Waals surface area contributed by atoms with Crippen LogP contribution >= 0.6 is 0 Å². The summed E-state index contributed by atoms with van der Waals surface area (Å²) in [7, 11) is 0. The predicted molar refractivity (Wildman–Crippen MR) is 75.4 cm³/mol. The Morgan fingerprint density at radius 3 is 3.00 bits per heavy atom. The first-order valence-corrected chi connectivity index (χ1v) is 6.85. The largest absolute Gasteiger partial charge is 0.484 e. The van der Waals surface area contributed by atoms with E-state index >= 15 is 0 Å². The first-order valence-electron chi connectivity index (χ1n) is 6.85. The number of hydrogen-bond acceptors (Lipinski definition) is 3. The van der Waals surface area contributed by atoms with Crippen molar-refractivity contribution < 1.29 is 9.53 Å². The molecule has 0 saturated carbocycles. The maximum absolute atomic E-state index is 11.7. The van der Waals surface area contributed by atoms with E-state index in [1.54, 1.807) is 0 Å². The Labute approximate surface area is 114 Å². The van der Waals surface area contributed by atoms with E-state index < -0.39 is 0 Å². The Kier molecular flexibility index (Phi) is 4.80. The summed E-state index contributed by atoms with van der Waals surface area (Å²) in [5, 5.41) is 6.24. The molecule has 4 nitrogen and oxygen atoms in total. The normalized spacial score (nSPS) is 18.3. The quantitative estimate of drug-likeness (QED) is 0.846. The fraction of sp³-hybridized carbons (Fsp3) is 0.533. The Morgan fingerprint density at radius 1 is 1.47 bits per heavy atom. The number of nitrogens with one attached hydrogen (secondary N) is 2. The summed E-state index contributed by atoms with van der Waals surface area (Å²) < 4.78 is 5.54. The molecule has 1 aromatic carbocycles. The molecule has 2 rings (SSSR count). The van der Waals surface area contributed by atoms with Crippen molar-refractivity contribution in [3.63, 3.8) is 0 Å². The SMILES string of the molecule is Cc1ccc(OCC(=O)NCC2CCCN2)c(C)c1. The summed E-state index contributed by atoms with van der Waals surface area (Å²) in [5.74, 6) is 0.716. The highest BCUT2D eigenvalue weighted by atomic mass is 16.5. The number of hydrogen-bond donors (Lipinski definition) is 2. The first kappa shape index (κ1) is 13.9. The third-order valence-electron chi connectivity index (χ3n) is 3.40. The number of amides is 1. The van der Waals surface area contributed by atoms with Gasteiger partial charge in [0.05, 0.1) is 0 Å². The van der Waals surface area contributed by atoms with E-state index in [0.29, 0.717) is 12.6 Å². The Hall–Kier alpha value is -1.55. The van der Waals surface area contributed by atoms with E-state index in [0.717, 1.165) is 24.3 Å². The fourth-order valence-corrected chi connectivity index (χ4v) is 2.32. The van der Waals surface area contributed by atoms with E-state index in [2.05, 4.69) is 16.7 Å². The van der Waals surface area contributed by atoms with Crippen LogP contribution in [0.5, 0.6) is 5.75 Å². The van der Waals surface area contributed by atoms with Gasteiger partial charge in [0.2, 0.25) is 0 Å². The van der Waals surface area contributed by atoms with E-state index in [4.69, 9.17) is 4.74 Å². The van der Waals surface area contributed by atoms with Gasteiger partial charge >= 0.3 is 0 Å². The minimum absolute atomic E-state index is 0.0614. The number of carbonyl (C=O) groups is 1. The van der Waals surface area contributed by atoms with E-state index in [1.807, 2.05) is 26.0 Å². The molecule has 4 heteroatoms. The van der Waals surface area contributed by atoms with Crippen molar-refractivity contribution in [2.75, 3.05) is 19.7 Å². The lowest BCUT2D eigenvalue weighted by Crippen LogP contribution is -2.39. The number of carbonyl (C=O) groups excluding carboxylic acids is 1. The highest BCUT2D eigenvalue weighted by Gasteiger charge is 2.14. The van der Waals surface area contributed by atoms with Crippen molar-refractivity contribution in [1.29, 1.82) is 0 Å². The van der Waals surface area contributed by atoms with E-state index in [1.165, 1.54) is 12.0 Å². The summed E-state index contributed by atoms with van der Waals surface area (Å²) in [6, 6.07) is 6.37. The molecule has 0 aromatic heterocycles. The Balaban J connectivity index is 1.73. The molecular weight excluding hydrogens is 240 g/mol. The van der Waals surface area contributed by atoms with Crippen LogP contribution in [0.3, 0.4) is 0 Å². The molecule has 1 saturated heterocycles. The van der Waals surface area contributed by atoms with E-state index in [9.17, 15) is 4.79 Å². The molecule has 0 aliphatic carbocycles. The zero-order valence-corrected chi connectivity index (χ0v) is 11.7. The van der Waals surface area contributed by atoms with Crippen LogP contribution in [0, 0.1) is 13.8 Å². The predicted octanol–water partition coefficient (Wildman–Crippen LogP) is 1.55. The number of rotatable bonds is 5. The van der Waals surface area contributed by atoms with Gasteiger partial charge in [0.1, 0.15) is 5.75 Å². The highest BCUT2D eigenvalue weighted by molar-refractivity contribution is 5.77. The van der Waals surface area contributed by atoms with Crippen molar-refractivity contribution in [3.05, 3.63) is 29.3 Å². The zero-order valence-electron chi connectivity index (χ0n) is 11.7. The number of ether oxygens (including phenoxy) is 1. The second-order valence-electron chi connectivity index (χ2n) is 5.15. The average Bonchev–Trinajstić information content (AvgIpc) is 2.88. The van der Waals surface area contributed by atoms with Gasteiger partial charge in [-0.15, -0.1) is 0 Å². The molecule has 1 aliphatic heterocycles. The molecule has 1 atom stereocenters. The van der Waals surface area contributed by atoms with Gasteiger partial charge in [0, 0.05) is 12.6 Å². The molecule has 0 radical (unpaired) electrons. The topological polar surface area (TPSA) is 50.4 Å². The van der Waals surface area contributed by atoms with Crippen LogP contribution in [0.15, 0.2) is 18.2 Å². The lowest BCUT2D eigenvalue weighted by Gasteiger charge is -2.13. The van der Waals surface area contributed by atoms with Gasteiger partial charge in [0.25, 0.3) is 5.91 Å². The lowest BCUT2D eigenvalue weighted by molar-refractivity contribution is -0.123. The first-order chi connectivity index (χ1) is 9.15. The smallest absolute Gasteiger partial charge is 0.257 e. The molecule has 1 aliphatic rings. The van der Waals surface area contributed by atoms with Gasteiger partial charge in [0.15, 0.2) is 6.61 Å². The molecular formula is C15H22N2O2. The third kappa shape index (κ3) is 4.24.